The van der Waals surface area contributed by atoms with E-state index in [4.69, 9.17) is 14.7 Å². The maximum absolute atomic E-state index is 13.8. The highest BCUT2D eigenvalue weighted by Gasteiger charge is 2.35. The molecule has 2 aromatic carbocycles. The van der Waals surface area contributed by atoms with E-state index < -0.39 is 27.6 Å². The molecule has 2 unspecified atom stereocenters. The average molecular weight is 516 g/mol. The van der Waals surface area contributed by atoms with Gasteiger partial charge in [-0.1, -0.05) is 44.2 Å². The smallest absolute Gasteiger partial charge is 0.243 e. The maximum atomic E-state index is 13.8. The number of hydrogen-bond donors (Lipinski definition) is 2. The van der Waals surface area contributed by atoms with E-state index in [1.807, 2.05) is 44.2 Å². The number of fused-ring (bicyclic) bond motifs is 1. The summed E-state index contributed by atoms with van der Waals surface area (Å²) in [5.74, 6) is 0.810. The average Bonchev–Trinajstić information content (AvgIpc) is 3.32. The van der Waals surface area contributed by atoms with Crippen LogP contribution < -0.4 is 14.8 Å². The van der Waals surface area contributed by atoms with E-state index in [1.54, 1.807) is 6.07 Å². The van der Waals surface area contributed by atoms with E-state index in [0.717, 1.165) is 5.56 Å². The van der Waals surface area contributed by atoms with E-state index in [1.165, 1.54) is 16.4 Å². The van der Waals surface area contributed by atoms with Gasteiger partial charge in [0.2, 0.25) is 23.2 Å². The molecule has 10 heteroatoms. The fourth-order valence-electron chi connectivity index (χ4n) is 4.23. The lowest BCUT2D eigenvalue weighted by Crippen LogP contribution is -2.50. The van der Waals surface area contributed by atoms with Gasteiger partial charge in [-0.25, -0.2) is 8.42 Å². The van der Waals surface area contributed by atoms with E-state index >= 15 is 0 Å². The lowest BCUT2D eigenvalue weighted by atomic mass is 9.87. The molecule has 2 atom stereocenters. The standard InChI is InChI=1S/C26H33N3O6S/c1-26(2,12-6-7-13-27)17-29(36(32,33)21-10-11-24-25(15-21)35-19-34-24)16-23(31)22(28-18-30)14-20-8-4-3-5-9-20/h3-5,8-11,15,18,22-23,31H,6-7,12,14,16-17,19H2,1-2H3,(H,28,30). The van der Waals surface area contributed by atoms with E-state index in [-0.39, 0.29) is 24.8 Å². The van der Waals surface area contributed by atoms with Gasteiger partial charge in [0.05, 0.1) is 23.1 Å². The molecule has 0 saturated heterocycles. The molecular formula is C26H33N3O6S. The fourth-order valence-corrected chi connectivity index (χ4v) is 5.90. The first kappa shape index (κ1) is 27.5. The van der Waals surface area contributed by atoms with Crippen molar-refractivity contribution < 1.29 is 27.8 Å². The Morgan fingerprint density at radius 3 is 2.61 bits per heavy atom. The van der Waals surface area contributed by atoms with Crippen LogP contribution in [0, 0.1) is 16.7 Å². The Morgan fingerprint density at radius 1 is 1.19 bits per heavy atom. The van der Waals surface area contributed by atoms with Gasteiger partial charge in [0.15, 0.2) is 11.5 Å². The predicted octanol–water partition coefficient (Wildman–Crippen LogP) is 2.84. The molecule has 9 nitrogen and oxygen atoms in total. The second-order valence-corrected chi connectivity index (χ2v) is 11.6. The van der Waals surface area contributed by atoms with Crippen LogP contribution in [0.15, 0.2) is 53.4 Å². The first-order chi connectivity index (χ1) is 17.2. The van der Waals surface area contributed by atoms with Crippen LogP contribution in [0.1, 0.15) is 38.7 Å². The normalized spacial score (nSPS) is 14.8. The summed E-state index contributed by atoms with van der Waals surface area (Å²) in [6, 6.07) is 15.2. The number of carbonyl (C=O) groups is 1. The minimum Gasteiger partial charge on any atom is -0.454 e. The molecule has 0 saturated carbocycles. The fraction of sp³-hybridized carbons (Fsp3) is 0.462. The monoisotopic (exact) mass is 515 g/mol. The van der Waals surface area contributed by atoms with Gasteiger partial charge in [0, 0.05) is 25.6 Å². The van der Waals surface area contributed by atoms with Crippen LogP contribution in [0.4, 0.5) is 0 Å². The van der Waals surface area contributed by atoms with Crippen molar-refractivity contribution in [3.63, 3.8) is 0 Å². The lowest BCUT2D eigenvalue weighted by Gasteiger charge is -2.34. The van der Waals surface area contributed by atoms with Crippen molar-refractivity contribution in [2.24, 2.45) is 5.41 Å². The van der Waals surface area contributed by atoms with Crippen molar-refractivity contribution in [1.82, 2.24) is 9.62 Å². The van der Waals surface area contributed by atoms with Crippen molar-refractivity contribution >= 4 is 16.4 Å². The Balaban J connectivity index is 1.88. The van der Waals surface area contributed by atoms with Crippen LogP contribution in [0.3, 0.4) is 0 Å². The van der Waals surface area contributed by atoms with Gasteiger partial charge in [-0.05, 0) is 42.4 Å². The molecule has 36 heavy (non-hydrogen) atoms. The van der Waals surface area contributed by atoms with E-state index in [9.17, 15) is 18.3 Å². The number of benzene rings is 2. The first-order valence-electron chi connectivity index (χ1n) is 11.8. The second-order valence-electron chi connectivity index (χ2n) is 9.64. The van der Waals surface area contributed by atoms with E-state index in [0.29, 0.717) is 43.6 Å². The Kier molecular flexibility index (Phi) is 9.31. The largest absolute Gasteiger partial charge is 0.454 e. The summed E-state index contributed by atoms with van der Waals surface area (Å²) >= 11 is 0. The molecule has 2 N–H and O–H groups in total. The van der Waals surface area contributed by atoms with Crippen molar-refractivity contribution in [2.45, 2.75) is 56.6 Å². The summed E-state index contributed by atoms with van der Waals surface area (Å²) in [6.07, 6.45) is 1.32. The third kappa shape index (κ3) is 7.20. The highest BCUT2D eigenvalue weighted by molar-refractivity contribution is 7.89. The number of aliphatic hydroxyl groups excluding tert-OH is 1. The Bertz CT molecular complexity index is 1160. The van der Waals surface area contributed by atoms with Gasteiger partial charge >= 0.3 is 0 Å². The van der Waals surface area contributed by atoms with Crippen LogP contribution in [0.25, 0.3) is 0 Å². The molecule has 1 aliphatic heterocycles. The highest BCUT2D eigenvalue weighted by atomic mass is 32.2. The zero-order valence-corrected chi connectivity index (χ0v) is 21.4. The van der Waals surface area contributed by atoms with Gasteiger partial charge < -0.3 is 19.9 Å². The summed E-state index contributed by atoms with van der Waals surface area (Å²) in [7, 11) is -4.05. The number of nitriles is 1. The number of aliphatic hydroxyl groups is 1. The Labute approximate surface area is 212 Å². The number of sulfonamides is 1. The molecular weight excluding hydrogens is 482 g/mol. The predicted molar refractivity (Wildman–Crippen MR) is 134 cm³/mol. The first-order valence-corrected chi connectivity index (χ1v) is 13.3. The SMILES string of the molecule is CC(C)(CCCC#N)CN(CC(O)C(Cc1ccccc1)NC=O)S(=O)(=O)c1ccc2c(c1)OCO2. The number of nitrogens with zero attached hydrogens (tertiary/aromatic N) is 2. The molecule has 0 spiro atoms. The third-order valence-electron chi connectivity index (χ3n) is 6.16. The van der Waals surface area contributed by atoms with Crippen LogP contribution in [-0.4, -0.2) is 56.3 Å². The summed E-state index contributed by atoms with van der Waals surface area (Å²) in [6.45, 7) is 3.78. The zero-order valence-electron chi connectivity index (χ0n) is 20.6. The molecule has 1 aliphatic rings. The van der Waals surface area contributed by atoms with Crippen LogP contribution in [0.5, 0.6) is 11.5 Å². The van der Waals surface area contributed by atoms with E-state index in [2.05, 4.69) is 11.4 Å². The number of carbonyl (C=O) groups excluding carboxylic acids is 1. The Hall–Kier alpha value is -3.13. The number of ether oxygens (including phenoxy) is 2. The van der Waals surface area contributed by atoms with Gasteiger partial charge in [-0.2, -0.15) is 9.57 Å². The summed E-state index contributed by atoms with van der Waals surface area (Å²) in [5.41, 5.74) is 0.436. The van der Waals surface area contributed by atoms with Crippen LogP contribution in [-0.2, 0) is 21.2 Å². The van der Waals surface area contributed by atoms with Gasteiger partial charge in [-0.3, -0.25) is 4.79 Å². The molecule has 0 aromatic heterocycles. The minimum atomic E-state index is -4.05. The number of unbranched alkanes of at least 4 members (excludes halogenated alkanes) is 1. The molecule has 0 bridgehead atoms. The number of hydrogen-bond acceptors (Lipinski definition) is 7. The number of amides is 1. The summed E-state index contributed by atoms with van der Waals surface area (Å²) < 4.78 is 39.5. The van der Waals surface area contributed by atoms with Crippen molar-refractivity contribution in [1.29, 1.82) is 5.26 Å². The van der Waals surface area contributed by atoms with Gasteiger partial charge in [0.25, 0.3) is 0 Å². The van der Waals surface area contributed by atoms with Gasteiger partial charge in [0.1, 0.15) is 0 Å². The minimum absolute atomic E-state index is 0.0196. The lowest BCUT2D eigenvalue weighted by molar-refractivity contribution is -0.111. The summed E-state index contributed by atoms with van der Waals surface area (Å²) in [4.78, 5) is 11.3. The van der Waals surface area contributed by atoms with Crippen molar-refractivity contribution in [3.05, 3.63) is 54.1 Å². The number of nitrogens with one attached hydrogen (secondary N) is 1. The quantitative estimate of drug-likeness (QED) is 0.292. The molecule has 2 aromatic rings. The third-order valence-corrected chi connectivity index (χ3v) is 7.97. The molecule has 0 fully saturated rings. The molecule has 0 radical (unpaired) electrons. The molecule has 3 rings (SSSR count). The van der Waals surface area contributed by atoms with Crippen molar-refractivity contribution in [3.8, 4) is 17.6 Å². The van der Waals surface area contributed by atoms with Crippen LogP contribution >= 0.6 is 0 Å². The molecule has 1 heterocycles. The summed E-state index contributed by atoms with van der Waals surface area (Å²) in [5, 5.41) is 22.7. The number of rotatable bonds is 14. The zero-order chi connectivity index (χ0) is 26.2. The Morgan fingerprint density at radius 2 is 1.92 bits per heavy atom. The van der Waals surface area contributed by atoms with Gasteiger partial charge in [-0.15, -0.1) is 0 Å². The van der Waals surface area contributed by atoms with Crippen LogP contribution in [0.2, 0.25) is 0 Å². The topological polar surface area (TPSA) is 129 Å². The molecule has 0 aliphatic carbocycles. The molecule has 194 valence electrons. The second kappa shape index (κ2) is 12.2. The highest BCUT2D eigenvalue weighted by Crippen LogP contribution is 2.35. The maximum Gasteiger partial charge on any atom is 0.243 e. The van der Waals surface area contributed by atoms with Crippen molar-refractivity contribution in [2.75, 3.05) is 19.9 Å². The molecule has 1 amide bonds.